The van der Waals surface area contributed by atoms with Crippen molar-refractivity contribution in [3.8, 4) is 0 Å². The van der Waals surface area contributed by atoms with Crippen LogP contribution in [0, 0.1) is 34.5 Å². The van der Waals surface area contributed by atoms with Crippen LogP contribution in [0.5, 0.6) is 0 Å². The zero-order chi connectivity index (χ0) is 24.6. The Kier molecular flexibility index (Phi) is 6.14. The molecule has 13 atom stereocenters. The van der Waals surface area contributed by atoms with Gasteiger partial charge in [0.05, 0.1) is 12.2 Å². The maximum Gasteiger partial charge on any atom is 0.335 e. The fourth-order valence-electron chi connectivity index (χ4n) is 8.59. The molecule has 0 spiro atoms. The summed E-state index contributed by atoms with van der Waals surface area (Å²) >= 11 is 0. The number of hydrogen-bond acceptors (Lipinski definition) is 8. The molecule has 0 unspecified atom stereocenters. The Morgan fingerprint density at radius 2 is 1.76 bits per heavy atom. The van der Waals surface area contributed by atoms with Crippen LogP contribution in [0.4, 0.5) is 0 Å². The first kappa shape index (κ1) is 24.6. The molecule has 0 aromatic heterocycles. The van der Waals surface area contributed by atoms with Gasteiger partial charge in [0, 0.05) is 11.8 Å². The monoisotopic (exact) mass is 482 g/mol. The molecule has 5 N–H and O–H groups in total. The number of fused-ring (bicyclic) bond motifs is 5. The molecule has 0 aromatic rings. The first-order valence-corrected chi connectivity index (χ1v) is 12.8. The van der Waals surface area contributed by atoms with Gasteiger partial charge in [-0.05, 0) is 74.0 Å². The molecule has 0 bridgehead atoms. The van der Waals surface area contributed by atoms with Gasteiger partial charge in [0.25, 0.3) is 0 Å². The minimum absolute atomic E-state index is 0.0828. The van der Waals surface area contributed by atoms with E-state index in [1.54, 1.807) is 0 Å². The molecular formula is C25H38O9. The van der Waals surface area contributed by atoms with Gasteiger partial charge in [-0.3, -0.25) is 4.79 Å². The third-order valence-corrected chi connectivity index (χ3v) is 10.4. The number of Topliss-reactive ketones (excluding diaryl/α,β-unsaturated/α-hetero) is 1. The molecule has 5 aliphatic rings. The molecule has 1 aliphatic heterocycles. The van der Waals surface area contributed by atoms with Crippen LogP contribution in [0.25, 0.3) is 0 Å². The van der Waals surface area contributed by atoms with E-state index >= 15 is 0 Å². The number of rotatable bonds is 3. The van der Waals surface area contributed by atoms with Gasteiger partial charge in [-0.15, -0.1) is 0 Å². The van der Waals surface area contributed by atoms with Crippen LogP contribution in [0.15, 0.2) is 0 Å². The predicted molar refractivity (Wildman–Crippen MR) is 117 cm³/mol. The lowest BCUT2D eigenvalue weighted by Crippen LogP contribution is -2.62. The number of aliphatic hydroxyl groups excluding tert-OH is 4. The van der Waals surface area contributed by atoms with Crippen LogP contribution < -0.4 is 0 Å². The van der Waals surface area contributed by atoms with Crippen LogP contribution >= 0.6 is 0 Å². The highest BCUT2D eigenvalue weighted by atomic mass is 16.7. The summed E-state index contributed by atoms with van der Waals surface area (Å²) < 4.78 is 11.3. The molecule has 0 aromatic carbocycles. The van der Waals surface area contributed by atoms with Gasteiger partial charge in [-0.25, -0.2) is 4.79 Å². The van der Waals surface area contributed by atoms with Gasteiger partial charge in [-0.2, -0.15) is 0 Å². The fourth-order valence-corrected chi connectivity index (χ4v) is 8.59. The Labute approximate surface area is 199 Å². The molecule has 9 heteroatoms. The van der Waals surface area contributed by atoms with Crippen molar-refractivity contribution < 1.29 is 44.6 Å². The average Bonchev–Trinajstić information content (AvgIpc) is 3.07. The maximum absolute atomic E-state index is 12.7. The van der Waals surface area contributed by atoms with Crippen LogP contribution in [-0.2, 0) is 19.1 Å². The second-order valence-corrected chi connectivity index (χ2v) is 12.0. The minimum atomic E-state index is -1.74. The summed E-state index contributed by atoms with van der Waals surface area (Å²) in [4.78, 5) is 24.0. The molecule has 9 nitrogen and oxygen atoms in total. The summed E-state index contributed by atoms with van der Waals surface area (Å²) in [6, 6.07) is 0. The molecule has 5 rings (SSSR count). The minimum Gasteiger partial charge on any atom is -0.479 e. The van der Waals surface area contributed by atoms with Crippen LogP contribution in [0.3, 0.4) is 0 Å². The molecule has 0 amide bonds. The third kappa shape index (κ3) is 3.58. The summed E-state index contributed by atoms with van der Waals surface area (Å²) in [5, 5.41) is 50.9. The number of hydrogen-bond donors (Lipinski definition) is 5. The predicted octanol–water partition coefficient (Wildman–Crippen LogP) is 0.846. The number of carbonyl (C=O) groups is 2. The highest BCUT2D eigenvalue weighted by Crippen LogP contribution is 2.65. The van der Waals surface area contributed by atoms with Crippen LogP contribution in [-0.4, -0.2) is 80.2 Å². The summed E-state index contributed by atoms with van der Waals surface area (Å²) in [7, 11) is 0. The van der Waals surface area contributed by atoms with Gasteiger partial charge in [0.2, 0.25) is 0 Å². The summed E-state index contributed by atoms with van der Waals surface area (Å²) in [6.07, 6.45) is -2.58. The molecule has 4 aliphatic carbocycles. The second kappa shape index (κ2) is 8.49. The van der Waals surface area contributed by atoms with E-state index in [9.17, 15) is 35.1 Å². The highest BCUT2D eigenvalue weighted by Gasteiger charge is 2.63. The Morgan fingerprint density at radius 3 is 2.47 bits per heavy atom. The standard InChI is InChI=1S/C25H38O9/c1-24-8-7-12(33-23-20(30)18(28)19(29)21(34-23)22(31)32)9-11(24)3-4-13-14-5-6-16(27)25(14,2)10-15(26)17(13)24/h11-15,17-21,23,26,28-30H,3-10H2,1-2H3,(H,31,32)/t11-,12+,13-,14-,15-,17+,18-,19-,20+,21-,23+,24-,25-/m0/s1. The van der Waals surface area contributed by atoms with E-state index in [-0.39, 0.29) is 23.4 Å². The summed E-state index contributed by atoms with van der Waals surface area (Å²) in [6.45, 7) is 4.32. The fraction of sp³-hybridized carbons (Fsp3) is 0.920. The summed E-state index contributed by atoms with van der Waals surface area (Å²) in [5.41, 5.74) is -0.481. The van der Waals surface area contributed by atoms with E-state index < -0.39 is 48.2 Å². The molecule has 1 saturated heterocycles. The normalized spacial score (nSPS) is 55.2. The lowest BCUT2D eigenvalue weighted by Gasteiger charge is -2.61. The average molecular weight is 483 g/mol. The van der Waals surface area contributed by atoms with Crippen molar-refractivity contribution in [1.82, 2.24) is 0 Å². The molecule has 34 heavy (non-hydrogen) atoms. The van der Waals surface area contributed by atoms with Crippen molar-refractivity contribution in [1.29, 1.82) is 0 Å². The number of carboxylic acids is 1. The Bertz CT molecular complexity index is 833. The lowest BCUT2D eigenvalue weighted by molar-refractivity contribution is -0.310. The van der Waals surface area contributed by atoms with E-state index in [2.05, 4.69) is 13.8 Å². The molecule has 4 saturated carbocycles. The smallest absolute Gasteiger partial charge is 0.335 e. The van der Waals surface area contributed by atoms with E-state index in [4.69, 9.17) is 9.47 Å². The maximum atomic E-state index is 12.7. The molecule has 0 radical (unpaired) electrons. The molecule has 192 valence electrons. The molecule has 1 heterocycles. The second-order valence-electron chi connectivity index (χ2n) is 12.0. The third-order valence-electron chi connectivity index (χ3n) is 10.4. The van der Waals surface area contributed by atoms with E-state index in [1.165, 1.54) is 0 Å². The largest absolute Gasteiger partial charge is 0.479 e. The number of aliphatic hydroxyl groups is 4. The van der Waals surface area contributed by atoms with Gasteiger partial charge in [0.15, 0.2) is 12.4 Å². The van der Waals surface area contributed by atoms with Gasteiger partial charge in [-0.1, -0.05) is 13.8 Å². The zero-order valence-corrected chi connectivity index (χ0v) is 19.9. The van der Waals surface area contributed by atoms with E-state index in [1.807, 2.05) is 0 Å². The van der Waals surface area contributed by atoms with Gasteiger partial charge < -0.3 is 35.0 Å². The van der Waals surface area contributed by atoms with Gasteiger partial charge >= 0.3 is 5.97 Å². The Morgan fingerprint density at radius 1 is 1.03 bits per heavy atom. The van der Waals surface area contributed by atoms with Crippen molar-refractivity contribution >= 4 is 11.8 Å². The Balaban J connectivity index is 1.29. The SMILES string of the molecule is C[C@]12CC[C@@H](O[C@@H]3O[C@H](C(=O)O)[C@@H](O)[C@H](O)[C@H]3O)C[C@@H]1CC[C@@H]1[C@@H]2[C@@H](O)C[C@]2(C)C(=O)CC[C@@H]12. The van der Waals surface area contributed by atoms with Crippen molar-refractivity contribution in [2.75, 3.05) is 0 Å². The van der Waals surface area contributed by atoms with Crippen LogP contribution in [0.1, 0.15) is 65.2 Å². The highest BCUT2D eigenvalue weighted by molar-refractivity contribution is 5.87. The van der Waals surface area contributed by atoms with Gasteiger partial charge in [0.1, 0.15) is 24.1 Å². The number of carbonyl (C=O) groups excluding carboxylic acids is 1. The number of aliphatic carboxylic acids is 1. The van der Waals surface area contributed by atoms with E-state index in [0.29, 0.717) is 43.3 Å². The van der Waals surface area contributed by atoms with Crippen molar-refractivity contribution in [2.24, 2.45) is 34.5 Å². The number of carboxylic acid groups (broad SMARTS) is 1. The molecular weight excluding hydrogens is 444 g/mol. The lowest BCUT2D eigenvalue weighted by atomic mass is 9.44. The van der Waals surface area contributed by atoms with Crippen molar-refractivity contribution in [3.63, 3.8) is 0 Å². The summed E-state index contributed by atoms with van der Waals surface area (Å²) in [5.74, 6) is -0.0129. The van der Waals surface area contributed by atoms with E-state index in [0.717, 1.165) is 25.7 Å². The molecule has 5 fully saturated rings. The number of ketones is 1. The first-order chi connectivity index (χ1) is 16.0. The van der Waals surface area contributed by atoms with Crippen molar-refractivity contribution in [2.45, 2.75) is 108 Å². The number of ether oxygens (including phenoxy) is 2. The zero-order valence-electron chi connectivity index (χ0n) is 19.9. The van der Waals surface area contributed by atoms with Crippen molar-refractivity contribution in [3.05, 3.63) is 0 Å². The quantitative estimate of drug-likeness (QED) is 0.368. The Hall–Kier alpha value is -1.10. The first-order valence-electron chi connectivity index (χ1n) is 12.8. The topological polar surface area (TPSA) is 154 Å². The van der Waals surface area contributed by atoms with Crippen LogP contribution in [0.2, 0.25) is 0 Å².